The van der Waals surface area contributed by atoms with E-state index in [0.29, 0.717) is 0 Å². The van der Waals surface area contributed by atoms with Crippen LogP contribution in [-0.4, -0.2) is 0 Å². The number of fused-ring (bicyclic) bond motifs is 2. The van der Waals surface area contributed by atoms with Gasteiger partial charge in [-0.15, -0.1) is 11.3 Å². The van der Waals surface area contributed by atoms with Crippen molar-refractivity contribution in [1.29, 1.82) is 0 Å². The number of rotatable bonds is 0. The van der Waals surface area contributed by atoms with Crippen LogP contribution in [0.2, 0.25) is 0 Å². The molecule has 14 heavy (non-hydrogen) atoms. The second-order valence-electron chi connectivity index (χ2n) is 3.28. The summed E-state index contributed by atoms with van der Waals surface area (Å²) in [7, 11) is 0. The lowest BCUT2D eigenvalue weighted by atomic mass is 10.1. The molecule has 3 rings (SSSR count). The Kier molecular flexibility index (Phi) is 1.99. The third-order valence-electron chi connectivity index (χ3n) is 2.39. The topological polar surface area (TPSA) is 0 Å². The molecule has 0 aliphatic carbocycles. The molecule has 0 amide bonds. The molecule has 0 radical (unpaired) electrons. The third kappa shape index (κ3) is 1.25. The van der Waals surface area contributed by atoms with E-state index in [9.17, 15) is 0 Å². The van der Waals surface area contributed by atoms with Gasteiger partial charge in [-0.2, -0.15) is 0 Å². The SMILES string of the molecule is Ic1csc2cc3ccccc3cc12. The highest BCUT2D eigenvalue weighted by molar-refractivity contribution is 14.1. The van der Waals surface area contributed by atoms with Crippen LogP contribution in [0.3, 0.4) is 0 Å². The number of hydrogen-bond donors (Lipinski definition) is 0. The standard InChI is InChI=1S/C12H7IS/c13-11-7-14-12-6-9-4-2-1-3-8(9)5-10(11)12/h1-7H. The molecule has 3 aromatic rings. The first-order valence-corrected chi connectivity index (χ1v) is 6.36. The van der Waals surface area contributed by atoms with E-state index in [1.807, 2.05) is 11.3 Å². The minimum Gasteiger partial charge on any atom is -0.143 e. The van der Waals surface area contributed by atoms with Crippen molar-refractivity contribution in [3.63, 3.8) is 0 Å². The van der Waals surface area contributed by atoms with E-state index in [4.69, 9.17) is 0 Å². The molecule has 2 aromatic carbocycles. The zero-order valence-corrected chi connectivity index (χ0v) is 10.3. The molecule has 0 fully saturated rings. The van der Waals surface area contributed by atoms with Crippen LogP contribution >= 0.6 is 33.9 Å². The normalized spacial score (nSPS) is 11.2. The van der Waals surface area contributed by atoms with E-state index < -0.39 is 0 Å². The summed E-state index contributed by atoms with van der Waals surface area (Å²) in [5.74, 6) is 0. The van der Waals surface area contributed by atoms with Crippen LogP contribution in [0, 0.1) is 3.57 Å². The van der Waals surface area contributed by atoms with Gasteiger partial charge in [0.2, 0.25) is 0 Å². The van der Waals surface area contributed by atoms with Gasteiger partial charge in [-0.25, -0.2) is 0 Å². The zero-order chi connectivity index (χ0) is 9.54. The van der Waals surface area contributed by atoms with Crippen LogP contribution in [-0.2, 0) is 0 Å². The van der Waals surface area contributed by atoms with Crippen molar-refractivity contribution < 1.29 is 0 Å². The van der Waals surface area contributed by atoms with E-state index in [1.165, 1.54) is 24.4 Å². The predicted molar refractivity (Wildman–Crippen MR) is 72.0 cm³/mol. The third-order valence-corrected chi connectivity index (χ3v) is 4.65. The van der Waals surface area contributed by atoms with Gasteiger partial charge in [0.1, 0.15) is 0 Å². The lowest BCUT2D eigenvalue weighted by molar-refractivity contribution is 1.81. The first-order chi connectivity index (χ1) is 6.84. The van der Waals surface area contributed by atoms with Gasteiger partial charge in [-0.1, -0.05) is 24.3 Å². The summed E-state index contributed by atoms with van der Waals surface area (Å²) in [6.07, 6.45) is 0. The molecule has 0 spiro atoms. The Labute approximate surface area is 99.7 Å². The van der Waals surface area contributed by atoms with Crippen molar-refractivity contribution in [3.05, 3.63) is 45.3 Å². The van der Waals surface area contributed by atoms with Crippen molar-refractivity contribution in [2.75, 3.05) is 0 Å². The van der Waals surface area contributed by atoms with Crippen LogP contribution in [0.5, 0.6) is 0 Å². The highest BCUT2D eigenvalue weighted by Crippen LogP contribution is 2.30. The maximum absolute atomic E-state index is 2.40. The Morgan fingerprint density at radius 3 is 2.50 bits per heavy atom. The number of thiophene rings is 1. The molecule has 1 heterocycles. The maximum atomic E-state index is 2.40. The van der Waals surface area contributed by atoms with Crippen molar-refractivity contribution in [2.24, 2.45) is 0 Å². The Balaban J connectivity index is 2.54. The molecular weight excluding hydrogens is 303 g/mol. The molecule has 0 nitrogen and oxygen atoms in total. The molecule has 0 bridgehead atoms. The Hall–Kier alpha value is -0.610. The molecule has 2 heteroatoms. The molecule has 0 aliphatic rings. The van der Waals surface area contributed by atoms with Gasteiger partial charge in [0.05, 0.1) is 0 Å². The predicted octanol–water partition coefficient (Wildman–Crippen LogP) is 4.66. The highest BCUT2D eigenvalue weighted by Gasteiger charge is 2.02. The lowest BCUT2D eigenvalue weighted by Gasteiger charge is -1.97. The quantitative estimate of drug-likeness (QED) is 0.530. The summed E-state index contributed by atoms with van der Waals surface area (Å²) in [4.78, 5) is 0. The molecule has 0 saturated carbocycles. The minimum absolute atomic E-state index is 1.33. The van der Waals surface area contributed by atoms with Crippen molar-refractivity contribution in [3.8, 4) is 0 Å². The molecule has 0 saturated heterocycles. The van der Waals surface area contributed by atoms with Gasteiger partial charge in [-0.3, -0.25) is 0 Å². The first kappa shape index (κ1) is 8.68. The summed E-state index contributed by atoms with van der Waals surface area (Å²) >= 11 is 4.22. The van der Waals surface area contributed by atoms with E-state index in [0.717, 1.165) is 0 Å². The van der Waals surface area contributed by atoms with Gasteiger partial charge in [0.15, 0.2) is 0 Å². The summed E-state index contributed by atoms with van der Waals surface area (Å²) in [5, 5.41) is 6.26. The maximum Gasteiger partial charge on any atom is 0.0360 e. The van der Waals surface area contributed by atoms with Gasteiger partial charge in [-0.05, 0) is 45.5 Å². The van der Waals surface area contributed by atoms with Crippen molar-refractivity contribution in [2.45, 2.75) is 0 Å². The monoisotopic (exact) mass is 310 g/mol. The number of hydrogen-bond acceptors (Lipinski definition) is 1. The lowest BCUT2D eigenvalue weighted by Crippen LogP contribution is -1.72. The van der Waals surface area contributed by atoms with Gasteiger partial charge >= 0.3 is 0 Å². The Bertz CT molecular complexity index is 610. The van der Waals surface area contributed by atoms with E-state index >= 15 is 0 Å². The van der Waals surface area contributed by atoms with Crippen molar-refractivity contribution in [1.82, 2.24) is 0 Å². The summed E-state index contributed by atoms with van der Waals surface area (Å²) in [6, 6.07) is 13.1. The van der Waals surface area contributed by atoms with Crippen LogP contribution in [0.1, 0.15) is 0 Å². The van der Waals surface area contributed by atoms with Crippen LogP contribution in [0.4, 0.5) is 0 Å². The second kappa shape index (κ2) is 3.21. The minimum atomic E-state index is 1.33. The molecule has 0 unspecified atom stereocenters. The molecule has 0 N–H and O–H groups in total. The van der Waals surface area contributed by atoms with Gasteiger partial charge in [0, 0.05) is 19.0 Å². The molecule has 0 aliphatic heterocycles. The second-order valence-corrected chi connectivity index (χ2v) is 5.35. The molecular formula is C12H7IS. The smallest absolute Gasteiger partial charge is 0.0360 e. The Morgan fingerprint density at radius 2 is 1.71 bits per heavy atom. The van der Waals surface area contributed by atoms with Crippen LogP contribution in [0.15, 0.2) is 41.8 Å². The molecule has 1 aromatic heterocycles. The van der Waals surface area contributed by atoms with E-state index in [1.54, 1.807) is 0 Å². The average molecular weight is 310 g/mol. The van der Waals surface area contributed by atoms with Gasteiger partial charge in [0.25, 0.3) is 0 Å². The van der Waals surface area contributed by atoms with E-state index in [-0.39, 0.29) is 0 Å². The summed E-state index contributed by atoms with van der Waals surface area (Å²) in [5.41, 5.74) is 0. The van der Waals surface area contributed by atoms with Crippen LogP contribution in [0.25, 0.3) is 20.9 Å². The van der Waals surface area contributed by atoms with Crippen molar-refractivity contribution >= 4 is 54.8 Å². The number of halogens is 1. The largest absolute Gasteiger partial charge is 0.143 e. The first-order valence-electron chi connectivity index (χ1n) is 4.40. The fourth-order valence-electron chi connectivity index (χ4n) is 1.68. The molecule has 68 valence electrons. The summed E-state index contributed by atoms with van der Waals surface area (Å²) in [6.45, 7) is 0. The summed E-state index contributed by atoms with van der Waals surface area (Å²) < 4.78 is 2.74. The molecule has 0 atom stereocenters. The zero-order valence-electron chi connectivity index (χ0n) is 7.33. The van der Waals surface area contributed by atoms with Gasteiger partial charge < -0.3 is 0 Å². The van der Waals surface area contributed by atoms with Crippen LogP contribution < -0.4 is 0 Å². The van der Waals surface area contributed by atoms with E-state index in [2.05, 4.69) is 64.4 Å². The number of benzene rings is 2. The highest BCUT2D eigenvalue weighted by atomic mass is 127. The fourth-order valence-corrected chi connectivity index (χ4v) is 3.54. The average Bonchev–Trinajstić information content (AvgIpc) is 2.57. The fraction of sp³-hybridized carbons (Fsp3) is 0. The Morgan fingerprint density at radius 1 is 1.00 bits per heavy atom.